The molecule has 1 aromatic heterocycles. The van der Waals surface area contributed by atoms with E-state index in [9.17, 15) is 4.79 Å². The van der Waals surface area contributed by atoms with Crippen LogP contribution >= 0.6 is 0 Å². The zero-order valence-corrected chi connectivity index (χ0v) is 14.8. The Kier molecular flexibility index (Phi) is 6.31. The van der Waals surface area contributed by atoms with Crippen molar-refractivity contribution in [1.82, 2.24) is 19.8 Å². The van der Waals surface area contributed by atoms with Crippen LogP contribution in [-0.2, 0) is 4.74 Å². The Morgan fingerprint density at radius 3 is 2.56 bits per heavy atom. The van der Waals surface area contributed by atoms with Crippen LogP contribution in [-0.4, -0.2) is 74.4 Å². The molecule has 0 spiro atoms. The predicted molar refractivity (Wildman–Crippen MR) is 90.3 cm³/mol. The number of carbonyl (C=O) groups excluding carboxylic acids is 1. The molecule has 1 aliphatic rings. The molecule has 0 aromatic carbocycles. The lowest BCUT2D eigenvalue weighted by Gasteiger charge is -2.34. The van der Waals surface area contributed by atoms with Gasteiger partial charge < -0.3 is 19.8 Å². The molecule has 1 saturated heterocycles. The van der Waals surface area contributed by atoms with Crippen LogP contribution in [0.3, 0.4) is 0 Å². The van der Waals surface area contributed by atoms with E-state index >= 15 is 0 Å². The molecule has 0 atom stereocenters. The molecule has 25 heavy (non-hydrogen) atoms. The number of nitrogens with zero attached hydrogens (tertiary/aromatic N) is 4. The number of amides is 1. The van der Waals surface area contributed by atoms with E-state index in [0.717, 1.165) is 13.1 Å². The first-order valence-corrected chi connectivity index (χ1v) is 8.12. The van der Waals surface area contributed by atoms with Crippen molar-refractivity contribution in [2.45, 2.75) is 32.7 Å². The number of hydrogen-bond acceptors (Lipinski definition) is 7. The molecule has 1 amide bonds. The zero-order valence-electron chi connectivity index (χ0n) is 14.8. The second-order valence-electron chi connectivity index (χ2n) is 6.75. The third-order valence-corrected chi connectivity index (χ3v) is 3.50. The summed E-state index contributed by atoms with van der Waals surface area (Å²) in [5.41, 5.74) is 0.0638. The van der Waals surface area contributed by atoms with Crippen LogP contribution < -0.4 is 0 Å². The van der Waals surface area contributed by atoms with Crippen molar-refractivity contribution in [1.29, 1.82) is 0 Å². The second-order valence-corrected chi connectivity index (χ2v) is 6.75. The maximum atomic E-state index is 12.0. The maximum Gasteiger partial charge on any atom is 0.410 e. The maximum absolute atomic E-state index is 12.0. The molecule has 0 radical (unpaired) electrons. The van der Waals surface area contributed by atoms with Crippen LogP contribution in [0.1, 0.15) is 38.4 Å². The minimum atomic E-state index is -1.63. The van der Waals surface area contributed by atoms with Gasteiger partial charge in [0.2, 0.25) is 0 Å². The van der Waals surface area contributed by atoms with Gasteiger partial charge in [-0.05, 0) is 32.8 Å². The highest BCUT2D eigenvalue weighted by Gasteiger charge is 2.25. The van der Waals surface area contributed by atoms with E-state index in [1.165, 1.54) is 12.4 Å². The van der Waals surface area contributed by atoms with E-state index in [1.807, 2.05) is 20.8 Å². The van der Waals surface area contributed by atoms with Gasteiger partial charge in [-0.2, -0.15) is 0 Å². The summed E-state index contributed by atoms with van der Waals surface area (Å²) >= 11 is 0. The standard InChI is InChI=1S/C17H24N4O4/c1-17(2,3)25-16(24)21-9-7-20(8-10-21)6-4-5-13-11-14(15(22)23)19-12-18-13/h11-12,15,22-23H,6-10H2,1-3H3. The van der Waals surface area contributed by atoms with E-state index in [-0.39, 0.29) is 11.8 Å². The van der Waals surface area contributed by atoms with Crippen LogP contribution in [0.2, 0.25) is 0 Å². The fraction of sp³-hybridized carbons (Fsp3) is 0.588. The lowest BCUT2D eigenvalue weighted by molar-refractivity contribution is -0.0459. The van der Waals surface area contributed by atoms with Gasteiger partial charge >= 0.3 is 6.09 Å². The molecule has 1 aliphatic heterocycles. The van der Waals surface area contributed by atoms with Crippen molar-refractivity contribution in [3.63, 3.8) is 0 Å². The Bertz CT molecular complexity index is 653. The third-order valence-electron chi connectivity index (χ3n) is 3.50. The van der Waals surface area contributed by atoms with Crippen LogP contribution in [0.25, 0.3) is 0 Å². The van der Waals surface area contributed by atoms with E-state index in [4.69, 9.17) is 14.9 Å². The molecular weight excluding hydrogens is 324 g/mol. The van der Waals surface area contributed by atoms with E-state index in [0.29, 0.717) is 25.3 Å². The summed E-state index contributed by atoms with van der Waals surface area (Å²) < 4.78 is 5.37. The first kappa shape index (κ1) is 19.1. The Hall–Kier alpha value is -2.21. The zero-order chi connectivity index (χ0) is 18.4. The molecule has 0 unspecified atom stereocenters. The largest absolute Gasteiger partial charge is 0.444 e. The van der Waals surface area contributed by atoms with Gasteiger partial charge in [0.05, 0.1) is 6.54 Å². The monoisotopic (exact) mass is 348 g/mol. The normalized spacial score (nSPS) is 15.7. The number of piperazine rings is 1. The van der Waals surface area contributed by atoms with Gasteiger partial charge in [0.1, 0.15) is 23.3 Å². The average Bonchev–Trinajstić information content (AvgIpc) is 2.54. The predicted octanol–water partition coefficient (Wildman–Crippen LogP) is 0.364. The van der Waals surface area contributed by atoms with Gasteiger partial charge in [-0.1, -0.05) is 5.92 Å². The summed E-state index contributed by atoms with van der Waals surface area (Å²) in [6, 6.07) is 1.44. The van der Waals surface area contributed by atoms with Crippen LogP contribution in [0.15, 0.2) is 12.4 Å². The lowest BCUT2D eigenvalue weighted by atomic mass is 10.2. The number of rotatable bonds is 2. The van der Waals surface area contributed by atoms with Crippen molar-refractivity contribution in [2.75, 3.05) is 32.7 Å². The summed E-state index contributed by atoms with van der Waals surface area (Å²) in [5.74, 6) is 5.89. The number of hydrogen-bond donors (Lipinski definition) is 2. The molecule has 8 nitrogen and oxygen atoms in total. The Morgan fingerprint density at radius 2 is 1.96 bits per heavy atom. The number of aromatic nitrogens is 2. The summed E-state index contributed by atoms with van der Waals surface area (Å²) in [6.07, 6.45) is -0.669. The molecule has 0 saturated carbocycles. The minimum absolute atomic E-state index is 0.116. The highest BCUT2D eigenvalue weighted by Crippen LogP contribution is 2.11. The molecule has 8 heteroatoms. The number of carbonyl (C=O) groups is 1. The van der Waals surface area contributed by atoms with Crippen molar-refractivity contribution in [2.24, 2.45) is 0 Å². The summed E-state index contributed by atoms with van der Waals surface area (Å²) in [5, 5.41) is 18.2. The summed E-state index contributed by atoms with van der Waals surface area (Å²) in [7, 11) is 0. The Labute approximate surface area is 147 Å². The first-order valence-electron chi connectivity index (χ1n) is 8.12. The van der Waals surface area contributed by atoms with Crippen molar-refractivity contribution in [3.05, 3.63) is 23.8 Å². The smallest absolute Gasteiger partial charge is 0.410 e. The second kappa shape index (κ2) is 8.25. The number of ether oxygens (including phenoxy) is 1. The van der Waals surface area contributed by atoms with Crippen molar-refractivity contribution in [3.8, 4) is 11.8 Å². The van der Waals surface area contributed by atoms with Gasteiger partial charge in [-0.15, -0.1) is 0 Å². The summed E-state index contributed by atoms with van der Waals surface area (Å²) in [4.78, 5) is 23.6. The van der Waals surface area contributed by atoms with Crippen LogP contribution in [0, 0.1) is 11.8 Å². The van der Waals surface area contributed by atoms with E-state index < -0.39 is 11.9 Å². The topological polar surface area (TPSA) is 99.0 Å². The lowest BCUT2D eigenvalue weighted by Crippen LogP contribution is -2.50. The Morgan fingerprint density at radius 1 is 1.28 bits per heavy atom. The molecule has 1 fully saturated rings. The van der Waals surface area contributed by atoms with E-state index in [2.05, 4.69) is 26.7 Å². The van der Waals surface area contributed by atoms with Crippen molar-refractivity contribution < 1.29 is 19.7 Å². The minimum Gasteiger partial charge on any atom is -0.444 e. The van der Waals surface area contributed by atoms with Gasteiger partial charge in [0.15, 0.2) is 6.29 Å². The third kappa shape index (κ3) is 6.31. The highest BCUT2D eigenvalue weighted by molar-refractivity contribution is 5.68. The molecule has 0 aliphatic carbocycles. The Balaban J connectivity index is 1.81. The first-order chi connectivity index (χ1) is 11.7. The molecule has 136 valence electrons. The molecule has 2 rings (SSSR count). The molecule has 0 bridgehead atoms. The average molecular weight is 348 g/mol. The number of aliphatic hydroxyl groups excluding tert-OH is 1. The van der Waals surface area contributed by atoms with Crippen LogP contribution in [0.5, 0.6) is 0 Å². The van der Waals surface area contributed by atoms with Gasteiger partial charge in [0.25, 0.3) is 0 Å². The fourth-order valence-corrected chi connectivity index (χ4v) is 2.24. The molecule has 2 heterocycles. The van der Waals surface area contributed by atoms with Crippen molar-refractivity contribution >= 4 is 6.09 Å². The number of aliphatic hydroxyl groups is 2. The molecule has 1 aromatic rings. The molecule has 2 N–H and O–H groups in total. The summed E-state index contributed by atoms with van der Waals surface area (Å²) in [6.45, 7) is 8.75. The highest BCUT2D eigenvalue weighted by atomic mass is 16.6. The van der Waals surface area contributed by atoms with Crippen LogP contribution in [0.4, 0.5) is 4.79 Å². The van der Waals surface area contributed by atoms with Gasteiger partial charge in [-0.3, -0.25) is 4.90 Å². The molecular formula is C17H24N4O4. The van der Waals surface area contributed by atoms with Gasteiger partial charge in [0, 0.05) is 26.2 Å². The quantitative estimate of drug-likeness (QED) is 0.588. The fourth-order valence-electron chi connectivity index (χ4n) is 2.24. The van der Waals surface area contributed by atoms with E-state index in [1.54, 1.807) is 4.90 Å². The SMILES string of the molecule is CC(C)(C)OC(=O)N1CCN(CC#Cc2cc(C(O)O)ncn2)CC1. The van der Waals surface area contributed by atoms with Gasteiger partial charge in [-0.25, -0.2) is 14.8 Å².